The Balaban J connectivity index is 0.000000155. The number of pyridine rings is 10. The average molecular weight is 1970 g/mol. The average Bonchev–Trinajstić information content (AvgIpc) is 1.73. The Labute approximate surface area is 830 Å². The number of aromatic nitrogens is 18. The molecular formula is C104H85F3N24O13S. The summed E-state index contributed by atoms with van der Waals surface area (Å²) in [6, 6.07) is 59.2. The Bertz CT molecular complexity index is 7310. The summed E-state index contributed by atoms with van der Waals surface area (Å²) >= 11 is 1.29. The van der Waals surface area contributed by atoms with Crippen LogP contribution in [0.2, 0.25) is 0 Å². The van der Waals surface area contributed by atoms with E-state index in [1.54, 1.807) is 182 Å². The first kappa shape index (κ1) is 104. The summed E-state index contributed by atoms with van der Waals surface area (Å²) in [7, 11) is 1.52. The minimum absolute atomic E-state index is 0. The third kappa shape index (κ3) is 34.0. The van der Waals surface area contributed by atoms with Crippen LogP contribution in [0.15, 0.2) is 342 Å². The van der Waals surface area contributed by atoms with E-state index in [0.29, 0.717) is 114 Å². The second-order valence-electron chi connectivity index (χ2n) is 29.6. The van der Waals surface area contributed by atoms with Crippen molar-refractivity contribution in [2.75, 3.05) is 39.0 Å². The highest BCUT2D eigenvalue weighted by Gasteiger charge is 2.32. The smallest absolute Gasteiger partial charge is 0.433 e. The zero-order valence-electron chi connectivity index (χ0n) is 76.8. The molecule has 0 radical (unpaired) electrons. The first-order chi connectivity index (χ1) is 69.8. The van der Waals surface area contributed by atoms with Gasteiger partial charge in [-0.25, -0.2) is 34.9 Å². The maximum atomic E-state index is 12.5. The molecule has 6 amide bonds. The zero-order valence-corrected chi connectivity index (χ0v) is 77.6. The monoisotopic (exact) mass is 1970 g/mol. The summed E-state index contributed by atoms with van der Waals surface area (Å²) in [5, 5.41) is 17.9. The molecule has 6 N–H and O–H groups in total. The van der Waals surface area contributed by atoms with Crippen molar-refractivity contribution in [3.05, 3.63) is 414 Å². The van der Waals surface area contributed by atoms with Crippen LogP contribution in [0.4, 0.5) is 47.9 Å². The van der Waals surface area contributed by atoms with Gasteiger partial charge < -0.3 is 59.7 Å². The highest BCUT2D eigenvalue weighted by atomic mass is 32.1. The number of anilines is 6. The topological polar surface area (TPSA) is 471 Å². The largest absolute Gasteiger partial charge is 0.497 e. The number of thiophene rings is 1. The van der Waals surface area contributed by atoms with Gasteiger partial charge in [-0.05, 0) is 156 Å². The van der Waals surface area contributed by atoms with E-state index in [1.165, 1.54) is 112 Å². The van der Waals surface area contributed by atoms with Crippen LogP contribution >= 0.6 is 11.3 Å². The summed E-state index contributed by atoms with van der Waals surface area (Å²) in [4.78, 5) is 146. The van der Waals surface area contributed by atoms with E-state index in [2.05, 4.69) is 128 Å². The number of terminal acetylenes is 1. The first-order valence-electron chi connectivity index (χ1n) is 42.7. The van der Waals surface area contributed by atoms with Gasteiger partial charge in [-0.15, -0.1) is 17.8 Å². The molecule has 0 bridgehead atoms. The number of amides is 6. The molecule has 0 saturated carbocycles. The minimum atomic E-state index is -4.52. The molecule has 0 saturated heterocycles. The molecule has 18 aromatic rings. The fourth-order valence-corrected chi connectivity index (χ4v) is 12.5. The Morgan fingerprint density at radius 1 is 0.331 bits per heavy atom. The van der Waals surface area contributed by atoms with Crippen LogP contribution in [-0.4, -0.2) is 132 Å². The molecule has 726 valence electrons. The Hall–Kier alpha value is -20.0. The van der Waals surface area contributed by atoms with Gasteiger partial charge in [0.2, 0.25) is 29.5 Å². The van der Waals surface area contributed by atoms with Crippen LogP contribution in [-0.2, 0) is 6.18 Å². The van der Waals surface area contributed by atoms with E-state index in [-0.39, 0.29) is 77.8 Å². The number of hydrogen-bond acceptors (Lipinski definition) is 32. The molecule has 0 aliphatic rings. The zero-order chi connectivity index (χ0) is 101. The number of methoxy groups -OCH3 is 1. The van der Waals surface area contributed by atoms with Gasteiger partial charge in [0, 0.05) is 100 Å². The van der Waals surface area contributed by atoms with Crippen molar-refractivity contribution in [3.8, 4) is 87.6 Å². The minimum Gasteiger partial charge on any atom is -0.497 e. The predicted molar refractivity (Wildman–Crippen MR) is 532 cm³/mol. The Kier molecular flexibility index (Phi) is 37.6. The van der Waals surface area contributed by atoms with Crippen LogP contribution < -0.4 is 65.1 Å². The lowest BCUT2D eigenvalue weighted by molar-refractivity contribution is -0.141. The van der Waals surface area contributed by atoms with E-state index in [1.807, 2.05) is 83.1 Å². The summed E-state index contributed by atoms with van der Waals surface area (Å²) < 4.78 is 75.9. The summed E-state index contributed by atoms with van der Waals surface area (Å²) in [5.41, 5.74) is 7.46. The van der Waals surface area contributed by atoms with Gasteiger partial charge in [0.05, 0.1) is 110 Å². The molecule has 3 aromatic carbocycles. The number of nitrogens with zero attached hydrogens (tertiary/aromatic N) is 18. The summed E-state index contributed by atoms with van der Waals surface area (Å²) in [5.74, 6) is 7.10. The molecule has 0 unspecified atom stereocenters. The van der Waals surface area contributed by atoms with E-state index in [9.17, 15) is 41.9 Å². The van der Waals surface area contributed by atoms with Crippen molar-refractivity contribution in [1.29, 1.82) is 0 Å². The molecule has 41 heteroatoms. The highest BCUT2D eigenvalue weighted by Crippen LogP contribution is 2.32. The molecule has 0 atom stereocenters. The van der Waals surface area contributed by atoms with Crippen molar-refractivity contribution in [3.63, 3.8) is 0 Å². The third-order valence-corrected chi connectivity index (χ3v) is 19.3. The third-order valence-electron chi connectivity index (χ3n) is 18.3. The Morgan fingerprint density at radius 3 is 1.30 bits per heavy atom. The van der Waals surface area contributed by atoms with Crippen LogP contribution in [0.25, 0.3) is 0 Å². The van der Waals surface area contributed by atoms with Crippen molar-refractivity contribution in [2.45, 2.75) is 48.2 Å². The number of ether oxygens (including phenoxy) is 7. The van der Waals surface area contributed by atoms with Crippen molar-refractivity contribution in [2.24, 2.45) is 0 Å². The fourth-order valence-electron chi connectivity index (χ4n) is 11.8. The number of alkyl halides is 3. The number of halogens is 3. The normalized spacial score (nSPS) is 10.2. The highest BCUT2D eigenvalue weighted by molar-refractivity contribution is 7.12. The van der Waals surface area contributed by atoms with E-state index in [4.69, 9.17) is 39.6 Å². The predicted octanol–water partition coefficient (Wildman–Crippen LogP) is 20.7. The lowest BCUT2D eigenvalue weighted by Crippen LogP contribution is -2.14. The van der Waals surface area contributed by atoms with Crippen LogP contribution in [0, 0.1) is 47.0 Å². The summed E-state index contributed by atoms with van der Waals surface area (Å²) in [6.45, 7) is 9.47. The molecule has 37 nitrogen and oxygen atoms in total. The number of nitrogens with one attached hydrogen (secondary N) is 6. The molecule has 0 fully saturated rings. The molecule has 0 aliphatic heterocycles. The summed E-state index contributed by atoms with van der Waals surface area (Å²) in [6.07, 6.45) is 30.8. The number of rotatable bonds is 25. The molecule has 18 rings (SSSR count). The molecule has 0 aliphatic carbocycles. The Morgan fingerprint density at radius 2 is 0.800 bits per heavy atom. The van der Waals surface area contributed by atoms with Gasteiger partial charge in [-0.3, -0.25) is 69.0 Å². The van der Waals surface area contributed by atoms with E-state index in [0.717, 1.165) is 46.4 Å². The second-order valence-corrected chi connectivity index (χ2v) is 30.5. The van der Waals surface area contributed by atoms with Crippen molar-refractivity contribution in [1.82, 2.24) is 89.7 Å². The number of aryl methyl sites for hydroxylation is 5. The van der Waals surface area contributed by atoms with Gasteiger partial charge in [-0.2, -0.15) is 33.1 Å². The molecule has 15 aromatic heterocycles. The molecule has 15 heterocycles. The second kappa shape index (κ2) is 52.5. The number of carbonyl (C=O) groups excluding carboxylic acids is 6. The number of benzene rings is 3. The maximum absolute atomic E-state index is 12.5. The van der Waals surface area contributed by atoms with Crippen LogP contribution in [0.1, 0.15) is 108 Å². The lowest BCUT2D eigenvalue weighted by atomic mass is 10.1. The van der Waals surface area contributed by atoms with Crippen LogP contribution in [0.5, 0.6) is 75.3 Å². The van der Waals surface area contributed by atoms with Gasteiger partial charge in [-0.1, -0.05) is 84.6 Å². The van der Waals surface area contributed by atoms with E-state index < -0.39 is 11.9 Å². The number of hydrogen-bond donors (Lipinski definition) is 6. The van der Waals surface area contributed by atoms with E-state index >= 15 is 0 Å². The standard InChI is InChI=1S/C19H14F3N3O2.C18H16N4O2.2C17H14N4O2.C16H13N5O3.C16H10N4O2S.CH4/c1-12-4-2-5-13(10-12)18(26)25-16-6-3-7-17(24-16)27-14-8-9-15(23-11-14)19(20,21)22;1-12-9-10-14(11-19-12)24-17-8-4-7-16(21-17)22-18(23)15-6-3-5-13(2)20-15;1-12-4-2-5-13(10-12)16(22)21-17-19-9-7-15(20-17)23-14-6-3-8-18-11-14;1-12-4-2-5-13(8-12)17(22)21-15-10-19-11-16(20-15)23-14-6-3-7-18-9-14;1-23-12-2-3-20-15(5-12)16(22)21-11-4-13(7-17-6-11)24-14-8-18-10-19-9-14;1-2-11-3-15(23-9-11)16(21)20-12-4-13(6-17-5-12)22-14-7-18-10-19-8-14;/h2-11H,1H3,(H,24,25,26);3-11H,1-2H3,(H,21,22,23);2-11H,1H3,(H,19,20,21,22);2-11H,1H3,(H,20,21,22);2-10H,1H3,(H,21,22);1,3-10H,(H,20,21);1H4. The number of carbonyl (C=O) groups is 6. The quantitative estimate of drug-likeness (QED) is 0.0289. The molecular weight excluding hydrogens is 1880 g/mol. The SMILES string of the molecule is C.C#Cc1csc(C(=O)Nc2cncc(Oc3cncnc3)c2)c1.COc1ccnc(C(=O)Nc2cncc(Oc3cncnc3)c2)c1.Cc1ccc(Oc2cccc(NC(=O)c3cccc(C)n3)n2)cn1.Cc1cccc(C(=O)Nc2cccc(Oc3ccc(C(F)(F)F)nc3)n2)c1.Cc1cccc(C(=O)Nc2cncc(Oc3cccnc3)n2)c1.Cc1cccc(C(=O)Nc2nccc(Oc3cccnc3)n2)c1. The van der Waals surface area contributed by atoms with Gasteiger partial charge >= 0.3 is 6.18 Å². The van der Waals surface area contributed by atoms with Gasteiger partial charge in [0.1, 0.15) is 81.6 Å². The van der Waals surface area contributed by atoms with Gasteiger partial charge in [0.15, 0.2) is 17.3 Å². The lowest BCUT2D eigenvalue weighted by Gasteiger charge is -2.09. The molecule has 0 spiro atoms. The van der Waals surface area contributed by atoms with Gasteiger partial charge in [0.25, 0.3) is 35.4 Å². The maximum Gasteiger partial charge on any atom is 0.433 e. The first-order valence-corrected chi connectivity index (χ1v) is 43.6. The van der Waals surface area contributed by atoms with Crippen molar-refractivity contribution >= 4 is 81.6 Å². The fraction of sp³-hybridized carbons (Fsp3) is 0.0769. The van der Waals surface area contributed by atoms with Crippen LogP contribution in [0.3, 0.4) is 0 Å². The van der Waals surface area contributed by atoms with Crippen molar-refractivity contribution < 1.29 is 75.1 Å². The molecule has 145 heavy (non-hydrogen) atoms.